The first-order valence-electron chi connectivity index (χ1n) is 9.60. The Balaban J connectivity index is 1.70. The molecule has 6 nitrogen and oxygen atoms in total. The average molecular weight is 364 g/mol. The molecule has 1 aliphatic rings. The standard InChI is InChI=1S/C21H24N4O2/c26-15-27-18-7-8-20-19(13-18)24-21(23-14-16-9-11-22-12-10-16)25(20)17-5-3-1-2-4-6-17/h7-13,15,17H,1-6,14H2,(H,23,24). The number of benzene rings is 1. The average Bonchev–Trinajstić information content (AvgIpc) is 2.86. The molecule has 1 fully saturated rings. The van der Waals surface area contributed by atoms with Crippen LogP contribution in [0, 0.1) is 0 Å². The lowest BCUT2D eigenvalue weighted by Gasteiger charge is -2.20. The van der Waals surface area contributed by atoms with E-state index >= 15 is 0 Å². The number of aromatic nitrogens is 3. The van der Waals surface area contributed by atoms with Crippen molar-refractivity contribution >= 4 is 23.5 Å². The van der Waals surface area contributed by atoms with Gasteiger partial charge in [-0.15, -0.1) is 0 Å². The smallest absolute Gasteiger partial charge is 0.298 e. The van der Waals surface area contributed by atoms with E-state index in [0.717, 1.165) is 22.5 Å². The van der Waals surface area contributed by atoms with E-state index in [-0.39, 0.29) is 0 Å². The van der Waals surface area contributed by atoms with E-state index in [0.29, 0.717) is 24.8 Å². The van der Waals surface area contributed by atoms with Crippen LogP contribution in [0.3, 0.4) is 0 Å². The molecule has 0 amide bonds. The summed E-state index contributed by atoms with van der Waals surface area (Å²) in [5, 5.41) is 3.50. The van der Waals surface area contributed by atoms with Gasteiger partial charge in [-0.3, -0.25) is 9.78 Å². The number of ether oxygens (including phenoxy) is 1. The molecule has 0 aliphatic heterocycles. The third kappa shape index (κ3) is 3.94. The van der Waals surface area contributed by atoms with Crippen molar-refractivity contribution in [1.82, 2.24) is 14.5 Å². The van der Waals surface area contributed by atoms with Crippen LogP contribution >= 0.6 is 0 Å². The molecule has 1 aromatic carbocycles. The van der Waals surface area contributed by atoms with E-state index in [4.69, 9.17) is 9.72 Å². The summed E-state index contributed by atoms with van der Waals surface area (Å²) in [6, 6.07) is 10.1. The molecule has 2 heterocycles. The van der Waals surface area contributed by atoms with Crippen molar-refractivity contribution in [3.8, 4) is 5.75 Å². The van der Waals surface area contributed by atoms with Crippen LogP contribution in [0.5, 0.6) is 5.75 Å². The molecule has 6 heteroatoms. The molecule has 0 unspecified atom stereocenters. The topological polar surface area (TPSA) is 69.0 Å². The van der Waals surface area contributed by atoms with E-state index < -0.39 is 0 Å². The Morgan fingerprint density at radius 3 is 2.63 bits per heavy atom. The predicted octanol–water partition coefficient (Wildman–Crippen LogP) is 4.47. The van der Waals surface area contributed by atoms with Gasteiger partial charge in [0.15, 0.2) is 0 Å². The number of fused-ring (bicyclic) bond motifs is 1. The van der Waals surface area contributed by atoms with E-state index in [1.807, 2.05) is 30.3 Å². The zero-order valence-electron chi connectivity index (χ0n) is 15.3. The van der Waals surface area contributed by atoms with Gasteiger partial charge < -0.3 is 14.6 Å². The van der Waals surface area contributed by atoms with E-state index in [1.165, 1.54) is 38.5 Å². The fourth-order valence-corrected chi connectivity index (χ4v) is 3.90. The first kappa shape index (κ1) is 17.5. The lowest BCUT2D eigenvalue weighted by Crippen LogP contribution is -2.13. The van der Waals surface area contributed by atoms with Gasteiger partial charge in [-0.2, -0.15) is 0 Å². The molecule has 1 saturated carbocycles. The van der Waals surface area contributed by atoms with Crippen LogP contribution in [0.15, 0.2) is 42.7 Å². The van der Waals surface area contributed by atoms with Gasteiger partial charge in [0.25, 0.3) is 6.47 Å². The number of nitrogens with zero attached hydrogens (tertiary/aromatic N) is 3. The van der Waals surface area contributed by atoms with Gasteiger partial charge in [-0.25, -0.2) is 4.98 Å². The van der Waals surface area contributed by atoms with E-state index in [2.05, 4.69) is 14.9 Å². The van der Waals surface area contributed by atoms with Crippen LogP contribution in [-0.4, -0.2) is 21.0 Å². The summed E-state index contributed by atoms with van der Waals surface area (Å²) < 4.78 is 7.34. The number of hydrogen-bond acceptors (Lipinski definition) is 5. The van der Waals surface area contributed by atoms with Crippen LogP contribution in [0.4, 0.5) is 5.95 Å². The van der Waals surface area contributed by atoms with Gasteiger partial charge >= 0.3 is 0 Å². The molecule has 3 aromatic rings. The first-order valence-corrected chi connectivity index (χ1v) is 9.60. The molecule has 4 rings (SSSR count). The highest BCUT2D eigenvalue weighted by Gasteiger charge is 2.21. The summed E-state index contributed by atoms with van der Waals surface area (Å²) in [6.07, 6.45) is 11.0. The third-order valence-corrected chi connectivity index (χ3v) is 5.23. The van der Waals surface area contributed by atoms with Gasteiger partial charge in [0.1, 0.15) is 5.75 Å². The Bertz CT molecular complexity index is 899. The SMILES string of the molecule is O=COc1ccc2c(c1)nc(NCc1ccncc1)n2C1CCCCCC1. The second-order valence-electron chi connectivity index (χ2n) is 7.02. The first-order chi connectivity index (χ1) is 13.3. The molecule has 140 valence electrons. The zero-order chi connectivity index (χ0) is 18.5. The van der Waals surface area contributed by atoms with Crippen molar-refractivity contribution in [2.24, 2.45) is 0 Å². The molecule has 2 aromatic heterocycles. The lowest BCUT2D eigenvalue weighted by atomic mass is 10.1. The normalized spacial score (nSPS) is 15.4. The van der Waals surface area contributed by atoms with Crippen LogP contribution in [0.25, 0.3) is 11.0 Å². The monoisotopic (exact) mass is 364 g/mol. The van der Waals surface area contributed by atoms with Gasteiger partial charge in [-0.1, -0.05) is 25.7 Å². The van der Waals surface area contributed by atoms with Crippen LogP contribution in [0.1, 0.15) is 50.1 Å². The number of pyridine rings is 1. The number of carbonyl (C=O) groups excluding carboxylic acids is 1. The van der Waals surface area contributed by atoms with Crippen molar-refractivity contribution in [1.29, 1.82) is 0 Å². The summed E-state index contributed by atoms with van der Waals surface area (Å²) in [5.74, 6) is 1.39. The molecule has 0 radical (unpaired) electrons. The van der Waals surface area contributed by atoms with E-state index in [1.54, 1.807) is 12.4 Å². The fraction of sp³-hybridized carbons (Fsp3) is 0.381. The maximum Gasteiger partial charge on any atom is 0.298 e. The molecule has 1 N–H and O–H groups in total. The highest BCUT2D eigenvalue weighted by molar-refractivity contribution is 5.81. The Kier molecular flexibility index (Phi) is 5.32. The van der Waals surface area contributed by atoms with Crippen molar-refractivity contribution in [3.63, 3.8) is 0 Å². The maximum atomic E-state index is 10.7. The van der Waals surface area contributed by atoms with Crippen molar-refractivity contribution < 1.29 is 9.53 Å². The van der Waals surface area contributed by atoms with Gasteiger partial charge in [0.05, 0.1) is 11.0 Å². The summed E-state index contributed by atoms with van der Waals surface area (Å²) in [6.45, 7) is 1.14. The number of carbonyl (C=O) groups is 1. The van der Waals surface area contributed by atoms with Crippen molar-refractivity contribution in [3.05, 3.63) is 48.3 Å². The third-order valence-electron chi connectivity index (χ3n) is 5.23. The summed E-state index contributed by atoms with van der Waals surface area (Å²) in [5.41, 5.74) is 3.09. The highest BCUT2D eigenvalue weighted by Crippen LogP contribution is 2.34. The van der Waals surface area contributed by atoms with Crippen LogP contribution in [-0.2, 0) is 11.3 Å². The molecule has 0 bridgehead atoms. The second-order valence-corrected chi connectivity index (χ2v) is 7.02. The molecule has 0 saturated heterocycles. The van der Waals surface area contributed by atoms with Gasteiger partial charge in [-0.05, 0) is 42.7 Å². The zero-order valence-corrected chi connectivity index (χ0v) is 15.3. The predicted molar refractivity (Wildman–Crippen MR) is 105 cm³/mol. The second kappa shape index (κ2) is 8.20. The summed E-state index contributed by atoms with van der Waals surface area (Å²) in [4.78, 5) is 19.6. The number of nitrogens with one attached hydrogen (secondary N) is 1. The van der Waals surface area contributed by atoms with Gasteiger partial charge in [0, 0.05) is 31.0 Å². The minimum Gasteiger partial charge on any atom is -0.429 e. The minimum absolute atomic E-state index is 0.440. The summed E-state index contributed by atoms with van der Waals surface area (Å²) >= 11 is 0. The van der Waals surface area contributed by atoms with Crippen LogP contribution < -0.4 is 10.1 Å². The molecule has 0 spiro atoms. The Hall–Kier alpha value is -2.89. The van der Waals surface area contributed by atoms with Crippen molar-refractivity contribution in [2.75, 3.05) is 5.32 Å². The quantitative estimate of drug-likeness (QED) is 0.516. The Morgan fingerprint density at radius 2 is 1.89 bits per heavy atom. The molecular weight excluding hydrogens is 340 g/mol. The Morgan fingerprint density at radius 1 is 1.11 bits per heavy atom. The number of hydrogen-bond donors (Lipinski definition) is 1. The highest BCUT2D eigenvalue weighted by atomic mass is 16.5. The Labute approximate surface area is 158 Å². The number of anilines is 1. The minimum atomic E-state index is 0.440. The fourth-order valence-electron chi connectivity index (χ4n) is 3.90. The van der Waals surface area contributed by atoms with Crippen molar-refractivity contribution in [2.45, 2.75) is 51.1 Å². The van der Waals surface area contributed by atoms with Crippen LogP contribution in [0.2, 0.25) is 0 Å². The van der Waals surface area contributed by atoms with E-state index in [9.17, 15) is 4.79 Å². The largest absolute Gasteiger partial charge is 0.429 e. The number of rotatable bonds is 6. The number of imidazole rings is 1. The molecule has 27 heavy (non-hydrogen) atoms. The maximum absolute atomic E-state index is 10.7. The molecule has 1 aliphatic carbocycles. The lowest BCUT2D eigenvalue weighted by molar-refractivity contribution is -0.120. The van der Waals surface area contributed by atoms with Gasteiger partial charge in [0.2, 0.25) is 5.95 Å². The summed E-state index contributed by atoms with van der Waals surface area (Å²) in [7, 11) is 0. The molecule has 0 atom stereocenters. The molecular formula is C21H24N4O2.